The Hall–Kier alpha value is -2.79. The van der Waals surface area contributed by atoms with Gasteiger partial charge in [0.25, 0.3) is 5.91 Å². The van der Waals surface area contributed by atoms with Crippen LogP contribution in [-0.4, -0.2) is 17.0 Å². The summed E-state index contributed by atoms with van der Waals surface area (Å²) in [6.45, 7) is 2.08. The zero-order valence-corrected chi connectivity index (χ0v) is 14.3. The summed E-state index contributed by atoms with van der Waals surface area (Å²) in [4.78, 5) is 23.4. The first-order valence-electron chi connectivity index (χ1n) is 7.84. The van der Waals surface area contributed by atoms with E-state index in [2.05, 4.69) is 12.2 Å². The maximum Gasteiger partial charge on any atom is 0.371 e. The van der Waals surface area contributed by atoms with Crippen LogP contribution in [0.25, 0.3) is 11.0 Å². The molecular formula is C19H16ClNO4. The van der Waals surface area contributed by atoms with Crippen molar-refractivity contribution < 1.29 is 19.1 Å². The SMILES string of the molecule is CCCc1ccc(NC(=O)c2ccc3cc(C(=O)O)oc3c2)cc1Cl. The van der Waals surface area contributed by atoms with Gasteiger partial charge in [0.05, 0.1) is 0 Å². The van der Waals surface area contributed by atoms with E-state index in [1.54, 1.807) is 18.2 Å². The van der Waals surface area contributed by atoms with E-state index in [0.717, 1.165) is 18.4 Å². The van der Waals surface area contributed by atoms with Crippen molar-refractivity contribution in [3.63, 3.8) is 0 Å². The first-order chi connectivity index (χ1) is 12.0. The van der Waals surface area contributed by atoms with Crippen LogP contribution in [0.2, 0.25) is 5.02 Å². The number of carboxylic acid groups (broad SMARTS) is 1. The van der Waals surface area contributed by atoms with Crippen LogP contribution in [0, 0.1) is 0 Å². The van der Waals surface area contributed by atoms with Gasteiger partial charge >= 0.3 is 5.97 Å². The molecule has 0 aliphatic carbocycles. The average molecular weight is 358 g/mol. The lowest BCUT2D eigenvalue weighted by Crippen LogP contribution is -2.11. The predicted molar refractivity (Wildman–Crippen MR) is 96.6 cm³/mol. The van der Waals surface area contributed by atoms with Crippen molar-refractivity contribution >= 4 is 40.1 Å². The van der Waals surface area contributed by atoms with E-state index >= 15 is 0 Å². The molecule has 0 aliphatic heterocycles. The normalized spacial score (nSPS) is 10.8. The number of anilines is 1. The highest BCUT2D eigenvalue weighted by atomic mass is 35.5. The van der Waals surface area contributed by atoms with Crippen LogP contribution in [0.4, 0.5) is 5.69 Å². The number of furan rings is 1. The fraction of sp³-hybridized carbons (Fsp3) is 0.158. The Bertz CT molecular complexity index is 961. The number of hydrogen-bond acceptors (Lipinski definition) is 3. The average Bonchev–Trinajstić information content (AvgIpc) is 3.01. The summed E-state index contributed by atoms with van der Waals surface area (Å²) in [5.41, 5.74) is 2.36. The van der Waals surface area contributed by atoms with Crippen LogP contribution >= 0.6 is 11.6 Å². The van der Waals surface area contributed by atoms with E-state index in [1.807, 2.05) is 12.1 Å². The van der Waals surface area contributed by atoms with E-state index in [-0.39, 0.29) is 11.7 Å². The van der Waals surface area contributed by atoms with Crippen LogP contribution in [0.3, 0.4) is 0 Å². The van der Waals surface area contributed by atoms with Crippen molar-refractivity contribution in [1.82, 2.24) is 0 Å². The fourth-order valence-corrected chi connectivity index (χ4v) is 2.85. The van der Waals surface area contributed by atoms with Crippen molar-refractivity contribution in [2.24, 2.45) is 0 Å². The molecule has 1 amide bonds. The van der Waals surface area contributed by atoms with Crippen molar-refractivity contribution in [2.75, 3.05) is 5.32 Å². The Kier molecular flexibility index (Phi) is 4.76. The molecule has 128 valence electrons. The van der Waals surface area contributed by atoms with Crippen LogP contribution in [0.1, 0.15) is 39.8 Å². The molecule has 0 bridgehead atoms. The van der Waals surface area contributed by atoms with Crippen molar-refractivity contribution in [3.8, 4) is 0 Å². The van der Waals surface area contributed by atoms with Crippen molar-refractivity contribution in [1.29, 1.82) is 0 Å². The van der Waals surface area contributed by atoms with Gasteiger partial charge in [-0.15, -0.1) is 0 Å². The van der Waals surface area contributed by atoms with Gasteiger partial charge in [-0.25, -0.2) is 4.79 Å². The predicted octanol–water partition coefficient (Wildman–Crippen LogP) is 4.99. The molecule has 0 saturated heterocycles. The van der Waals surface area contributed by atoms with Crippen molar-refractivity contribution in [3.05, 3.63) is 64.4 Å². The minimum Gasteiger partial charge on any atom is -0.475 e. The molecular weight excluding hydrogens is 342 g/mol. The lowest BCUT2D eigenvalue weighted by atomic mass is 10.1. The van der Waals surface area contributed by atoms with Gasteiger partial charge in [-0.2, -0.15) is 0 Å². The summed E-state index contributed by atoms with van der Waals surface area (Å²) in [5.74, 6) is -1.63. The highest BCUT2D eigenvalue weighted by Gasteiger charge is 2.13. The molecule has 5 nitrogen and oxygen atoms in total. The van der Waals surface area contributed by atoms with Gasteiger partial charge in [0.1, 0.15) is 5.58 Å². The van der Waals surface area contributed by atoms with Gasteiger partial charge in [0, 0.05) is 21.7 Å². The summed E-state index contributed by atoms with van der Waals surface area (Å²) in [5, 5.41) is 13.0. The zero-order chi connectivity index (χ0) is 18.0. The van der Waals surface area contributed by atoms with Gasteiger partial charge < -0.3 is 14.8 Å². The Labute approximate surface area is 149 Å². The zero-order valence-electron chi connectivity index (χ0n) is 13.5. The molecule has 1 heterocycles. The van der Waals surface area contributed by atoms with E-state index in [9.17, 15) is 9.59 Å². The van der Waals surface area contributed by atoms with Gasteiger partial charge in [0.2, 0.25) is 5.76 Å². The number of nitrogens with one attached hydrogen (secondary N) is 1. The molecule has 0 atom stereocenters. The minimum atomic E-state index is -1.15. The minimum absolute atomic E-state index is 0.161. The third-order valence-electron chi connectivity index (χ3n) is 3.82. The monoisotopic (exact) mass is 357 g/mol. The number of amides is 1. The molecule has 0 aliphatic rings. The Balaban J connectivity index is 1.82. The van der Waals surface area contributed by atoms with Gasteiger partial charge in [-0.1, -0.05) is 37.1 Å². The molecule has 1 aromatic heterocycles. The molecule has 2 N–H and O–H groups in total. The molecule has 0 radical (unpaired) electrons. The quantitative estimate of drug-likeness (QED) is 0.674. The number of carbonyl (C=O) groups is 2. The van der Waals surface area contributed by atoms with E-state index in [1.165, 1.54) is 12.1 Å². The number of benzene rings is 2. The molecule has 0 saturated carbocycles. The van der Waals surface area contributed by atoms with E-state index < -0.39 is 5.97 Å². The standard InChI is InChI=1S/C19H16ClNO4/c1-2-3-11-6-7-14(10-15(11)20)21-18(22)13-5-4-12-8-17(19(23)24)25-16(12)9-13/h4-10H,2-3H2,1H3,(H,21,22)(H,23,24). The molecule has 0 unspecified atom stereocenters. The number of carboxylic acids is 1. The molecule has 0 spiro atoms. The summed E-state index contributed by atoms with van der Waals surface area (Å²) >= 11 is 6.23. The van der Waals surface area contributed by atoms with Gasteiger partial charge in [-0.3, -0.25) is 4.79 Å². The molecule has 6 heteroatoms. The number of fused-ring (bicyclic) bond motifs is 1. The summed E-state index contributed by atoms with van der Waals surface area (Å²) in [6, 6.07) is 11.6. The third-order valence-corrected chi connectivity index (χ3v) is 4.18. The third kappa shape index (κ3) is 3.67. The van der Waals surface area contributed by atoms with Crippen molar-refractivity contribution in [2.45, 2.75) is 19.8 Å². The lowest BCUT2D eigenvalue weighted by molar-refractivity contribution is 0.0665. The first kappa shape index (κ1) is 17.0. The highest BCUT2D eigenvalue weighted by molar-refractivity contribution is 6.31. The number of aryl methyl sites for hydroxylation is 1. The highest BCUT2D eigenvalue weighted by Crippen LogP contribution is 2.24. The molecule has 25 heavy (non-hydrogen) atoms. The number of rotatable bonds is 5. The van der Waals surface area contributed by atoms with Crippen LogP contribution in [-0.2, 0) is 6.42 Å². The maximum absolute atomic E-state index is 12.4. The van der Waals surface area contributed by atoms with Crippen LogP contribution in [0.5, 0.6) is 0 Å². The summed E-state index contributed by atoms with van der Waals surface area (Å²) in [7, 11) is 0. The first-order valence-corrected chi connectivity index (χ1v) is 8.22. The number of hydrogen-bond donors (Lipinski definition) is 2. The van der Waals surface area contributed by atoms with Crippen LogP contribution in [0.15, 0.2) is 46.9 Å². The fourth-order valence-electron chi connectivity index (χ4n) is 2.58. The topological polar surface area (TPSA) is 79.5 Å². The molecule has 3 aromatic rings. The van der Waals surface area contributed by atoms with Gasteiger partial charge in [-0.05, 0) is 42.3 Å². The summed E-state index contributed by atoms with van der Waals surface area (Å²) < 4.78 is 5.23. The Morgan fingerprint density at radius 2 is 1.96 bits per heavy atom. The molecule has 2 aromatic carbocycles. The maximum atomic E-state index is 12.4. The second-order valence-electron chi connectivity index (χ2n) is 5.68. The number of aromatic carboxylic acids is 1. The number of halogens is 1. The van der Waals surface area contributed by atoms with Gasteiger partial charge in [0.15, 0.2) is 0 Å². The Morgan fingerprint density at radius 1 is 1.16 bits per heavy atom. The Morgan fingerprint density at radius 3 is 2.64 bits per heavy atom. The second-order valence-corrected chi connectivity index (χ2v) is 6.09. The molecule has 3 rings (SSSR count). The van der Waals surface area contributed by atoms with Crippen LogP contribution < -0.4 is 5.32 Å². The second kappa shape index (κ2) is 6.99. The lowest BCUT2D eigenvalue weighted by Gasteiger charge is -2.08. The summed E-state index contributed by atoms with van der Waals surface area (Å²) in [6.07, 6.45) is 1.88. The smallest absolute Gasteiger partial charge is 0.371 e. The molecule has 0 fully saturated rings. The number of carbonyl (C=O) groups excluding carboxylic acids is 1. The van der Waals surface area contributed by atoms with E-state index in [0.29, 0.717) is 27.2 Å². The van der Waals surface area contributed by atoms with E-state index in [4.69, 9.17) is 21.1 Å². The largest absolute Gasteiger partial charge is 0.475 e.